The lowest BCUT2D eigenvalue weighted by Crippen LogP contribution is -2.49. The summed E-state index contributed by atoms with van der Waals surface area (Å²) in [5.41, 5.74) is -0.00937. The van der Waals surface area contributed by atoms with Gasteiger partial charge in [-0.15, -0.1) is 0 Å². The number of nitrogens with zero attached hydrogens (tertiary/aromatic N) is 1. The molecule has 1 aliphatic carbocycles. The van der Waals surface area contributed by atoms with Crippen molar-refractivity contribution in [3.05, 3.63) is 22.3 Å². The second kappa shape index (κ2) is 6.53. The number of esters is 1. The molecule has 0 radical (unpaired) electrons. The Hall–Kier alpha value is -1.47. The van der Waals surface area contributed by atoms with E-state index in [2.05, 4.69) is 14.1 Å². The van der Waals surface area contributed by atoms with Gasteiger partial charge in [0.25, 0.3) is 5.56 Å². The van der Waals surface area contributed by atoms with E-state index >= 15 is 0 Å². The van der Waals surface area contributed by atoms with Crippen molar-refractivity contribution < 1.29 is 9.53 Å². The monoisotopic (exact) mass is 309 g/mol. The molecule has 1 aromatic rings. The first kappa shape index (κ1) is 14.5. The van der Waals surface area contributed by atoms with Crippen molar-refractivity contribution in [3.8, 4) is 0 Å². The van der Waals surface area contributed by atoms with E-state index in [4.69, 9.17) is 4.74 Å². The molecule has 3 unspecified atom stereocenters. The number of aromatic nitrogens is 2. The van der Waals surface area contributed by atoms with Crippen LogP contribution in [0.2, 0.25) is 0 Å². The van der Waals surface area contributed by atoms with E-state index in [1.807, 2.05) is 0 Å². The summed E-state index contributed by atoms with van der Waals surface area (Å²) in [7, 11) is 0. The molecule has 0 bridgehead atoms. The molecule has 1 aromatic heterocycles. The summed E-state index contributed by atoms with van der Waals surface area (Å²) in [5, 5.41) is 3.28. The fourth-order valence-electron chi connectivity index (χ4n) is 3.28. The Morgan fingerprint density at radius 3 is 2.90 bits per heavy atom. The molecule has 6 nitrogen and oxygen atoms in total. The van der Waals surface area contributed by atoms with E-state index in [1.165, 1.54) is 38.0 Å². The van der Waals surface area contributed by atoms with Crippen molar-refractivity contribution in [1.82, 2.24) is 14.1 Å². The minimum Gasteiger partial charge on any atom is -0.433 e. The number of piperidine rings is 1. The lowest BCUT2D eigenvalue weighted by molar-refractivity contribution is -0.142. The van der Waals surface area contributed by atoms with E-state index in [0.717, 1.165) is 24.7 Å². The zero-order valence-electron chi connectivity index (χ0n) is 11.7. The molecule has 2 heterocycles. The fourth-order valence-corrected chi connectivity index (χ4v) is 3.76. The maximum absolute atomic E-state index is 12.0. The minimum atomic E-state index is -0.276. The second-order valence-corrected chi connectivity index (χ2v) is 6.31. The lowest BCUT2D eigenvalue weighted by Gasteiger charge is -2.38. The van der Waals surface area contributed by atoms with Crippen LogP contribution in [0, 0.1) is 11.8 Å². The van der Waals surface area contributed by atoms with Crippen LogP contribution in [0.3, 0.4) is 0 Å². The number of carbonyl (C=O) groups excluding carboxylic acids is 1. The molecule has 2 N–H and O–H groups in total. The van der Waals surface area contributed by atoms with Gasteiger partial charge in [-0.25, -0.2) is 4.79 Å². The molecule has 1 saturated carbocycles. The highest BCUT2D eigenvalue weighted by atomic mass is 32.1. The standard InChI is InChI=1S/C14H19N3O3S/c18-13-11(16-21-17-13)5-6-20-14(19)12-7-9-3-1-2-4-10(9)8-15-12/h5-6,9-10,12,15H,1-4,7-8H2,(H,17,18). The van der Waals surface area contributed by atoms with Crippen molar-refractivity contribution in [2.45, 2.75) is 38.1 Å². The first-order valence-electron chi connectivity index (χ1n) is 7.39. The van der Waals surface area contributed by atoms with Gasteiger partial charge in [-0.1, -0.05) is 19.3 Å². The van der Waals surface area contributed by atoms with Crippen LogP contribution in [0.5, 0.6) is 0 Å². The molecule has 1 saturated heterocycles. The number of rotatable bonds is 3. The first-order valence-corrected chi connectivity index (χ1v) is 8.16. The normalized spacial score (nSPS) is 29.2. The molecule has 21 heavy (non-hydrogen) atoms. The molecule has 0 amide bonds. The van der Waals surface area contributed by atoms with Gasteiger partial charge in [0.1, 0.15) is 11.7 Å². The molecule has 7 heteroatoms. The Kier molecular flexibility index (Phi) is 4.50. The summed E-state index contributed by atoms with van der Waals surface area (Å²) in [4.78, 5) is 23.3. The summed E-state index contributed by atoms with van der Waals surface area (Å²) < 4.78 is 11.5. The molecule has 3 rings (SSSR count). The molecule has 0 aromatic carbocycles. The topological polar surface area (TPSA) is 84.1 Å². The number of carbonyl (C=O) groups is 1. The molecule has 0 spiro atoms. The lowest BCUT2D eigenvalue weighted by atomic mass is 9.74. The smallest absolute Gasteiger partial charge is 0.327 e. The highest BCUT2D eigenvalue weighted by Gasteiger charge is 2.35. The third-order valence-corrected chi connectivity index (χ3v) is 5.01. The van der Waals surface area contributed by atoms with Crippen LogP contribution < -0.4 is 10.9 Å². The van der Waals surface area contributed by atoms with Gasteiger partial charge in [0, 0.05) is 17.8 Å². The summed E-state index contributed by atoms with van der Waals surface area (Å²) in [6, 6.07) is -0.234. The highest BCUT2D eigenvalue weighted by molar-refractivity contribution is 6.99. The number of fused-ring (bicyclic) bond motifs is 1. The predicted octanol–water partition coefficient (Wildman–Crippen LogP) is 1.51. The average molecular weight is 309 g/mol. The van der Waals surface area contributed by atoms with Gasteiger partial charge in [0.05, 0.1) is 6.26 Å². The summed E-state index contributed by atoms with van der Waals surface area (Å²) in [6.07, 6.45) is 8.60. The number of nitrogens with one attached hydrogen (secondary N) is 2. The number of H-pyrrole nitrogens is 1. The first-order chi connectivity index (χ1) is 10.2. The fraction of sp³-hybridized carbons (Fsp3) is 0.643. The van der Waals surface area contributed by atoms with Crippen molar-refractivity contribution in [1.29, 1.82) is 0 Å². The molecular weight excluding hydrogens is 290 g/mol. The molecular formula is C14H19N3O3S. The zero-order valence-corrected chi connectivity index (χ0v) is 12.5. The Morgan fingerprint density at radius 1 is 1.33 bits per heavy atom. The van der Waals surface area contributed by atoms with E-state index in [9.17, 15) is 9.59 Å². The van der Waals surface area contributed by atoms with Crippen molar-refractivity contribution in [3.63, 3.8) is 0 Å². The van der Waals surface area contributed by atoms with E-state index in [1.54, 1.807) is 0 Å². The van der Waals surface area contributed by atoms with Crippen LogP contribution in [-0.4, -0.2) is 27.3 Å². The van der Waals surface area contributed by atoms with E-state index in [0.29, 0.717) is 11.8 Å². The van der Waals surface area contributed by atoms with Gasteiger partial charge in [-0.3, -0.25) is 9.17 Å². The third kappa shape index (κ3) is 3.41. The molecule has 3 atom stereocenters. The average Bonchev–Trinajstić information content (AvgIpc) is 2.92. The largest absolute Gasteiger partial charge is 0.433 e. The Balaban J connectivity index is 1.52. The van der Waals surface area contributed by atoms with Gasteiger partial charge < -0.3 is 10.1 Å². The maximum Gasteiger partial charge on any atom is 0.327 e. The highest BCUT2D eigenvalue weighted by Crippen LogP contribution is 2.35. The van der Waals surface area contributed by atoms with Gasteiger partial charge in [-0.05, 0) is 31.2 Å². The minimum absolute atomic E-state index is 0.234. The Bertz CT molecular complexity index is 580. The SMILES string of the molecule is O=C(OC=Cc1ns[nH]c1=O)C1CC2CCCCC2CN1. The van der Waals surface area contributed by atoms with Crippen molar-refractivity contribution in [2.75, 3.05) is 6.54 Å². The maximum atomic E-state index is 12.0. The van der Waals surface area contributed by atoms with E-state index in [-0.39, 0.29) is 23.3 Å². The van der Waals surface area contributed by atoms with Crippen LogP contribution in [-0.2, 0) is 9.53 Å². The molecule has 114 valence electrons. The summed E-state index contributed by atoms with van der Waals surface area (Å²) in [6.45, 7) is 0.903. The predicted molar refractivity (Wildman–Crippen MR) is 79.7 cm³/mol. The summed E-state index contributed by atoms with van der Waals surface area (Å²) >= 11 is 0.974. The van der Waals surface area contributed by atoms with Crippen molar-refractivity contribution >= 4 is 23.8 Å². The molecule has 2 aliphatic rings. The number of ether oxygens (including phenoxy) is 1. The molecule has 2 fully saturated rings. The van der Waals surface area contributed by atoms with Crippen LogP contribution in [0.4, 0.5) is 0 Å². The van der Waals surface area contributed by atoms with Crippen LogP contribution in [0.15, 0.2) is 11.1 Å². The van der Waals surface area contributed by atoms with Crippen LogP contribution in [0.1, 0.15) is 37.8 Å². The number of aromatic amines is 1. The van der Waals surface area contributed by atoms with Gasteiger partial charge >= 0.3 is 5.97 Å². The third-order valence-electron chi connectivity index (χ3n) is 4.44. The second-order valence-electron chi connectivity index (χ2n) is 5.74. The molecule has 1 aliphatic heterocycles. The van der Waals surface area contributed by atoms with E-state index < -0.39 is 0 Å². The van der Waals surface area contributed by atoms with Gasteiger partial charge in [-0.2, -0.15) is 4.37 Å². The van der Waals surface area contributed by atoms with Crippen molar-refractivity contribution in [2.24, 2.45) is 11.8 Å². The van der Waals surface area contributed by atoms with Crippen LogP contribution >= 0.6 is 11.7 Å². The van der Waals surface area contributed by atoms with Gasteiger partial charge in [0.15, 0.2) is 0 Å². The quantitative estimate of drug-likeness (QED) is 0.653. The zero-order chi connectivity index (χ0) is 14.7. The number of hydrogen-bond donors (Lipinski definition) is 2. The Morgan fingerprint density at radius 2 is 2.14 bits per heavy atom. The van der Waals surface area contributed by atoms with Gasteiger partial charge in [0.2, 0.25) is 0 Å². The summed E-state index contributed by atoms with van der Waals surface area (Å²) in [5.74, 6) is 1.08. The number of hydrogen-bond acceptors (Lipinski definition) is 6. The Labute approximate surface area is 126 Å². The van der Waals surface area contributed by atoms with Crippen LogP contribution in [0.25, 0.3) is 6.08 Å².